The van der Waals surface area contributed by atoms with Crippen molar-refractivity contribution in [3.63, 3.8) is 0 Å². The summed E-state index contributed by atoms with van der Waals surface area (Å²) in [4.78, 5) is 21.5. The highest BCUT2D eigenvalue weighted by atomic mass is 16.5. The van der Waals surface area contributed by atoms with Crippen molar-refractivity contribution in [1.82, 2.24) is 15.1 Å². The molecule has 2 saturated heterocycles. The fourth-order valence-electron chi connectivity index (χ4n) is 3.80. The zero-order chi connectivity index (χ0) is 17.5. The van der Waals surface area contributed by atoms with Gasteiger partial charge in [0.1, 0.15) is 0 Å². The highest BCUT2D eigenvalue weighted by Gasteiger charge is 2.36. The summed E-state index contributed by atoms with van der Waals surface area (Å²) in [6, 6.07) is 0.673. The first-order valence-electron chi connectivity index (χ1n) is 9.42. The molecule has 0 bridgehead atoms. The molecule has 2 fully saturated rings. The first kappa shape index (κ1) is 19.0. The molecule has 0 aromatic heterocycles. The average Bonchev–Trinajstić information content (AvgIpc) is 2.96. The molecule has 24 heavy (non-hydrogen) atoms. The summed E-state index contributed by atoms with van der Waals surface area (Å²) in [5.41, 5.74) is 0. The Balaban J connectivity index is 1.92. The Hall–Kier alpha value is -1.30. The van der Waals surface area contributed by atoms with E-state index in [1.165, 1.54) is 32.9 Å². The zero-order valence-electron chi connectivity index (χ0n) is 15.8. The summed E-state index contributed by atoms with van der Waals surface area (Å²) in [6.45, 7) is 11.9. The number of likely N-dealkylation sites (tertiary alicyclic amines) is 2. The predicted octanol–water partition coefficient (Wildman–Crippen LogP) is 1.57. The van der Waals surface area contributed by atoms with E-state index in [2.05, 4.69) is 35.9 Å². The van der Waals surface area contributed by atoms with Crippen LogP contribution in [0, 0.1) is 11.8 Å². The molecular weight excluding hydrogens is 304 g/mol. The molecule has 0 aromatic carbocycles. The van der Waals surface area contributed by atoms with Gasteiger partial charge in [-0.2, -0.15) is 0 Å². The molecule has 1 N–H and O–H groups in total. The molecule has 2 heterocycles. The third-order valence-electron chi connectivity index (χ3n) is 5.34. The van der Waals surface area contributed by atoms with Gasteiger partial charge < -0.3 is 15.0 Å². The summed E-state index contributed by atoms with van der Waals surface area (Å²) in [6.07, 6.45) is 3.96. The molecule has 2 aliphatic heterocycles. The third kappa shape index (κ3) is 4.85. The second kappa shape index (κ2) is 9.25. The highest BCUT2D eigenvalue weighted by molar-refractivity contribution is 5.82. The standard InChI is InChI=1S/C18H34N4O2/c1-5-19-18(20-9-11-21-10-7-6-8-15(21)3)22-12-14(2)16(13-22)17(23)24-4/h14-16H,5-13H2,1-4H3,(H,19,20). The van der Waals surface area contributed by atoms with Crippen LogP contribution in [0.15, 0.2) is 4.99 Å². The lowest BCUT2D eigenvalue weighted by Crippen LogP contribution is -2.42. The molecule has 0 saturated carbocycles. The lowest BCUT2D eigenvalue weighted by molar-refractivity contribution is -0.145. The van der Waals surface area contributed by atoms with Gasteiger partial charge in [0.2, 0.25) is 0 Å². The number of nitrogens with one attached hydrogen (secondary N) is 1. The second-order valence-corrected chi connectivity index (χ2v) is 7.13. The van der Waals surface area contributed by atoms with Crippen molar-refractivity contribution in [2.75, 3.05) is 46.4 Å². The number of piperidine rings is 1. The predicted molar refractivity (Wildman–Crippen MR) is 97.1 cm³/mol. The minimum Gasteiger partial charge on any atom is -0.469 e. The molecular formula is C18H34N4O2. The normalized spacial score (nSPS) is 28.9. The van der Waals surface area contributed by atoms with Crippen LogP contribution in [0.1, 0.15) is 40.0 Å². The minimum atomic E-state index is -0.108. The van der Waals surface area contributed by atoms with Crippen LogP contribution in [-0.2, 0) is 9.53 Å². The smallest absolute Gasteiger partial charge is 0.310 e. The van der Waals surface area contributed by atoms with Gasteiger partial charge in [0.25, 0.3) is 0 Å². The molecule has 3 unspecified atom stereocenters. The van der Waals surface area contributed by atoms with Gasteiger partial charge in [-0.3, -0.25) is 14.7 Å². The largest absolute Gasteiger partial charge is 0.469 e. The van der Waals surface area contributed by atoms with Crippen molar-refractivity contribution in [2.24, 2.45) is 16.8 Å². The minimum absolute atomic E-state index is 0.0547. The van der Waals surface area contributed by atoms with Gasteiger partial charge >= 0.3 is 5.97 Å². The number of carbonyl (C=O) groups is 1. The van der Waals surface area contributed by atoms with Gasteiger partial charge in [0.15, 0.2) is 5.96 Å². The van der Waals surface area contributed by atoms with Crippen LogP contribution in [-0.4, -0.2) is 74.1 Å². The van der Waals surface area contributed by atoms with Gasteiger partial charge in [0.05, 0.1) is 19.6 Å². The molecule has 2 aliphatic rings. The van der Waals surface area contributed by atoms with Gasteiger partial charge in [-0.05, 0) is 39.2 Å². The van der Waals surface area contributed by atoms with E-state index in [9.17, 15) is 4.79 Å². The second-order valence-electron chi connectivity index (χ2n) is 7.13. The summed E-state index contributed by atoms with van der Waals surface area (Å²) >= 11 is 0. The molecule has 6 nitrogen and oxygen atoms in total. The van der Waals surface area contributed by atoms with Gasteiger partial charge in [0, 0.05) is 32.2 Å². The maximum atomic E-state index is 11.9. The molecule has 0 aromatic rings. The first-order valence-corrected chi connectivity index (χ1v) is 9.42. The average molecular weight is 338 g/mol. The Bertz CT molecular complexity index is 441. The van der Waals surface area contributed by atoms with E-state index in [0.29, 0.717) is 18.5 Å². The summed E-state index contributed by atoms with van der Waals surface area (Å²) < 4.78 is 4.93. The number of aliphatic imine (C=N–C) groups is 1. The van der Waals surface area contributed by atoms with Gasteiger partial charge in [-0.1, -0.05) is 13.3 Å². The maximum Gasteiger partial charge on any atom is 0.310 e. The number of hydrogen-bond donors (Lipinski definition) is 1. The number of rotatable bonds is 5. The monoisotopic (exact) mass is 338 g/mol. The van der Waals surface area contributed by atoms with Crippen molar-refractivity contribution in [3.05, 3.63) is 0 Å². The van der Waals surface area contributed by atoms with Crippen molar-refractivity contribution < 1.29 is 9.53 Å². The summed E-state index contributed by atoms with van der Waals surface area (Å²) in [5.74, 6) is 1.06. The number of esters is 1. The molecule has 3 atom stereocenters. The number of methoxy groups -OCH3 is 1. The lowest BCUT2D eigenvalue weighted by Gasteiger charge is -2.33. The SMILES string of the molecule is CCNC(=NCCN1CCCCC1C)N1CC(C)C(C(=O)OC)C1. The Kier molecular flexibility index (Phi) is 7.34. The van der Waals surface area contributed by atoms with Crippen LogP contribution >= 0.6 is 0 Å². The van der Waals surface area contributed by atoms with Crippen LogP contribution in [0.2, 0.25) is 0 Å². The molecule has 138 valence electrons. The van der Waals surface area contributed by atoms with E-state index in [-0.39, 0.29) is 11.9 Å². The fourth-order valence-corrected chi connectivity index (χ4v) is 3.80. The van der Waals surface area contributed by atoms with Gasteiger partial charge in [-0.25, -0.2) is 0 Å². The van der Waals surface area contributed by atoms with E-state index < -0.39 is 0 Å². The molecule has 0 radical (unpaired) electrons. The Labute approximate surface area is 146 Å². The van der Waals surface area contributed by atoms with E-state index in [4.69, 9.17) is 9.73 Å². The van der Waals surface area contributed by atoms with Crippen molar-refractivity contribution in [3.8, 4) is 0 Å². The number of carbonyl (C=O) groups excluding carboxylic acids is 1. The van der Waals surface area contributed by atoms with Crippen LogP contribution in [0.4, 0.5) is 0 Å². The molecule has 0 amide bonds. The van der Waals surface area contributed by atoms with E-state index >= 15 is 0 Å². The first-order chi connectivity index (χ1) is 11.6. The summed E-state index contributed by atoms with van der Waals surface area (Å²) in [7, 11) is 1.47. The van der Waals surface area contributed by atoms with E-state index in [0.717, 1.165) is 32.1 Å². The third-order valence-corrected chi connectivity index (χ3v) is 5.34. The topological polar surface area (TPSA) is 57.2 Å². The zero-order valence-corrected chi connectivity index (χ0v) is 15.8. The molecule has 6 heteroatoms. The Morgan fingerprint density at radius 2 is 2.08 bits per heavy atom. The fraction of sp³-hybridized carbons (Fsp3) is 0.889. The number of guanidine groups is 1. The molecule has 0 aliphatic carbocycles. The van der Waals surface area contributed by atoms with E-state index in [1.54, 1.807) is 0 Å². The summed E-state index contributed by atoms with van der Waals surface area (Å²) in [5, 5.41) is 3.38. The van der Waals surface area contributed by atoms with Crippen LogP contribution in [0.25, 0.3) is 0 Å². The molecule has 0 spiro atoms. The van der Waals surface area contributed by atoms with Crippen molar-refractivity contribution >= 4 is 11.9 Å². The maximum absolute atomic E-state index is 11.9. The van der Waals surface area contributed by atoms with Crippen molar-refractivity contribution in [2.45, 2.75) is 46.1 Å². The van der Waals surface area contributed by atoms with Crippen molar-refractivity contribution in [1.29, 1.82) is 0 Å². The lowest BCUT2D eigenvalue weighted by atomic mass is 9.99. The Morgan fingerprint density at radius 1 is 1.29 bits per heavy atom. The van der Waals surface area contributed by atoms with Gasteiger partial charge in [-0.15, -0.1) is 0 Å². The number of hydrogen-bond acceptors (Lipinski definition) is 4. The number of ether oxygens (including phenoxy) is 1. The quantitative estimate of drug-likeness (QED) is 0.468. The number of nitrogens with zero attached hydrogens (tertiary/aromatic N) is 3. The van der Waals surface area contributed by atoms with Crippen LogP contribution in [0.5, 0.6) is 0 Å². The van der Waals surface area contributed by atoms with E-state index in [1.807, 2.05) is 0 Å². The Morgan fingerprint density at radius 3 is 2.75 bits per heavy atom. The highest BCUT2D eigenvalue weighted by Crippen LogP contribution is 2.24. The molecule has 2 rings (SSSR count). The van der Waals surface area contributed by atoms with Crippen LogP contribution in [0.3, 0.4) is 0 Å². The van der Waals surface area contributed by atoms with Crippen LogP contribution < -0.4 is 5.32 Å².